The van der Waals surface area contributed by atoms with E-state index in [2.05, 4.69) is 15.3 Å². The van der Waals surface area contributed by atoms with Crippen LogP contribution in [0.1, 0.15) is 36.8 Å². The van der Waals surface area contributed by atoms with Crippen molar-refractivity contribution in [2.24, 2.45) is 0 Å². The van der Waals surface area contributed by atoms with Gasteiger partial charge < -0.3 is 10.0 Å². The molecule has 0 fully saturated rings. The van der Waals surface area contributed by atoms with E-state index in [-0.39, 0.29) is 5.91 Å². The van der Waals surface area contributed by atoms with Crippen molar-refractivity contribution in [3.63, 3.8) is 0 Å². The van der Waals surface area contributed by atoms with Crippen molar-refractivity contribution in [2.45, 2.75) is 32.9 Å². The summed E-state index contributed by atoms with van der Waals surface area (Å²) in [6.45, 7) is 6.95. The highest BCUT2D eigenvalue weighted by molar-refractivity contribution is 5.97. The summed E-state index contributed by atoms with van der Waals surface area (Å²) >= 11 is 0. The van der Waals surface area contributed by atoms with Crippen molar-refractivity contribution >= 4 is 5.91 Å². The summed E-state index contributed by atoms with van der Waals surface area (Å²) in [6, 6.07) is 9.08. The first-order chi connectivity index (χ1) is 12.9. The number of para-hydroxylation sites is 1. The molecule has 0 saturated carbocycles. The van der Waals surface area contributed by atoms with E-state index in [1.54, 1.807) is 48.0 Å². The van der Waals surface area contributed by atoms with E-state index in [0.29, 0.717) is 36.6 Å². The number of nitrogens with zero attached hydrogens (tertiary/aromatic N) is 6. The van der Waals surface area contributed by atoms with E-state index < -0.39 is 5.60 Å². The fourth-order valence-corrected chi connectivity index (χ4v) is 2.78. The van der Waals surface area contributed by atoms with Gasteiger partial charge in [-0.15, -0.1) is 0 Å². The Hall–Kier alpha value is -3.00. The molecule has 0 radical (unpaired) electrons. The van der Waals surface area contributed by atoms with Gasteiger partial charge in [0.25, 0.3) is 5.91 Å². The third kappa shape index (κ3) is 4.22. The second-order valence-electron chi connectivity index (χ2n) is 6.74. The number of rotatable bonds is 7. The van der Waals surface area contributed by atoms with Crippen LogP contribution in [0.25, 0.3) is 5.69 Å². The van der Waals surface area contributed by atoms with Gasteiger partial charge >= 0.3 is 0 Å². The molecule has 0 spiro atoms. The Morgan fingerprint density at radius 2 is 1.89 bits per heavy atom. The Kier molecular flexibility index (Phi) is 5.36. The van der Waals surface area contributed by atoms with Crippen molar-refractivity contribution in [3.05, 3.63) is 60.2 Å². The van der Waals surface area contributed by atoms with Gasteiger partial charge in [0.15, 0.2) is 0 Å². The molecule has 1 N–H and O–H groups in total. The van der Waals surface area contributed by atoms with Gasteiger partial charge in [0, 0.05) is 19.3 Å². The molecule has 8 heteroatoms. The molecule has 1 aromatic carbocycles. The van der Waals surface area contributed by atoms with Crippen LogP contribution in [0, 0.1) is 0 Å². The summed E-state index contributed by atoms with van der Waals surface area (Å²) in [5.41, 5.74) is 0.816. The van der Waals surface area contributed by atoms with Gasteiger partial charge in [-0.05, 0) is 39.0 Å². The maximum atomic E-state index is 13.1. The van der Waals surface area contributed by atoms with Crippen molar-refractivity contribution in [3.8, 4) is 5.69 Å². The fourth-order valence-electron chi connectivity index (χ4n) is 2.78. The summed E-state index contributed by atoms with van der Waals surface area (Å²) in [6.07, 6.45) is 4.97. The molecular weight excluding hydrogens is 344 g/mol. The molecule has 0 bridgehead atoms. The Morgan fingerprint density at radius 1 is 1.19 bits per heavy atom. The molecular formula is C19H24N6O2. The third-order valence-corrected chi connectivity index (χ3v) is 4.30. The minimum absolute atomic E-state index is 0.0831. The zero-order valence-corrected chi connectivity index (χ0v) is 15.8. The molecule has 3 rings (SSSR count). The molecule has 3 aromatic rings. The van der Waals surface area contributed by atoms with E-state index in [1.165, 1.54) is 4.80 Å². The predicted molar refractivity (Wildman–Crippen MR) is 100 cm³/mol. The van der Waals surface area contributed by atoms with Crippen LogP contribution >= 0.6 is 0 Å². The number of aromatic nitrogens is 5. The minimum Gasteiger partial charge on any atom is -0.384 e. The average Bonchev–Trinajstić information content (AvgIpc) is 3.33. The molecule has 142 valence electrons. The van der Waals surface area contributed by atoms with Crippen molar-refractivity contribution < 1.29 is 9.90 Å². The molecule has 27 heavy (non-hydrogen) atoms. The number of hydrogen-bond acceptors (Lipinski definition) is 5. The number of carbonyl (C=O) groups excluding carboxylic acids is 1. The monoisotopic (exact) mass is 368 g/mol. The normalized spacial score (nSPS) is 11.6. The van der Waals surface area contributed by atoms with E-state index in [1.807, 2.05) is 31.3 Å². The predicted octanol–water partition coefficient (Wildman–Crippen LogP) is 1.85. The number of carbonyl (C=O) groups is 1. The van der Waals surface area contributed by atoms with E-state index in [9.17, 15) is 9.90 Å². The Labute approximate surface area is 158 Å². The van der Waals surface area contributed by atoms with Gasteiger partial charge in [-0.1, -0.05) is 12.1 Å². The van der Waals surface area contributed by atoms with Gasteiger partial charge in [0.2, 0.25) is 0 Å². The van der Waals surface area contributed by atoms with Crippen LogP contribution in [-0.4, -0.2) is 53.8 Å². The second-order valence-corrected chi connectivity index (χ2v) is 6.74. The third-order valence-electron chi connectivity index (χ3n) is 4.30. The van der Waals surface area contributed by atoms with Crippen LogP contribution in [-0.2, 0) is 12.1 Å². The highest BCUT2D eigenvalue weighted by Crippen LogP contribution is 2.17. The number of likely N-dealkylation sites (N-methyl/N-ethyl adjacent to an activating group) is 1. The summed E-state index contributed by atoms with van der Waals surface area (Å²) in [5, 5.41) is 22.7. The van der Waals surface area contributed by atoms with Crippen LogP contribution in [0.4, 0.5) is 0 Å². The zero-order valence-electron chi connectivity index (χ0n) is 15.8. The summed E-state index contributed by atoms with van der Waals surface area (Å²) in [5.74, 6) is -0.0831. The second kappa shape index (κ2) is 7.71. The molecule has 0 saturated heterocycles. The smallest absolute Gasteiger partial charge is 0.256 e. The lowest BCUT2D eigenvalue weighted by Crippen LogP contribution is -2.34. The summed E-state index contributed by atoms with van der Waals surface area (Å²) in [7, 11) is 0. The summed E-state index contributed by atoms with van der Waals surface area (Å²) in [4.78, 5) is 16.3. The minimum atomic E-state index is -0.985. The lowest BCUT2D eigenvalue weighted by atomic mass is 10.1. The first-order valence-corrected chi connectivity index (χ1v) is 8.91. The van der Waals surface area contributed by atoms with E-state index >= 15 is 0 Å². The van der Waals surface area contributed by atoms with Crippen LogP contribution in [0.2, 0.25) is 0 Å². The number of amides is 1. The molecule has 2 heterocycles. The molecule has 0 aliphatic rings. The van der Waals surface area contributed by atoms with Gasteiger partial charge in [0.05, 0.1) is 35.9 Å². The standard InChI is InChI=1S/C19H24N6O2/c1-4-23(13-14-24-12-9-17(22-24)19(2,3)27)18(26)15-7-5-6-8-16(15)25-20-10-11-21-25/h5-12,27H,4,13-14H2,1-3H3. The Bertz CT molecular complexity index is 895. The molecule has 0 aliphatic carbocycles. The van der Waals surface area contributed by atoms with E-state index in [0.717, 1.165) is 0 Å². The first kappa shape index (κ1) is 18.8. The largest absolute Gasteiger partial charge is 0.384 e. The van der Waals surface area contributed by atoms with Gasteiger partial charge in [-0.3, -0.25) is 9.48 Å². The topological polar surface area (TPSA) is 89.1 Å². The van der Waals surface area contributed by atoms with Gasteiger partial charge in [0.1, 0.15) is 5.60 Å². The van der Waals surface area contributed by atoms with Crippen molar-refractivity contribution in [1.29, 1.82) is 0 Å². The highest BCUT2D eigenvalue weighted by atomic mass is 16.3. The molecule has 2 aromatic heterocycles. The van der Waals surface area contributed by atoms with Crippen LogP contribution in [0.5, 0.6) is 0 Å². The number of aliphatic hydroxyl groups is 1. The maximum absolute atomic E-state index is 13.1. The first-order valence-electron chi connectivity index (χ1n) is 8.91. The quantitative estimate of drug-likeness (QED) is 0.687. The van der Waals surface area contributed by atoms with Crippen LogP contribution < -0.4 is 0 Å². The van der Waals surface area contributed by atoms with Crippen molar-refractivity contribution in [1.82, 2.24) is 29.7 Å². The maximum Gasteiger partial charge on any atom is 0.256 e. The summed E-state index contributed by atoms with van der Waals surface area (Å²) < 4.78 is 1.74. The Morgan fingerprint density at radius 3 is 2.52 bits per heavy atom. The average molecular weight is 368 g/mol. The van der Waals surface area contributed by atoms with Crippen molar-refractivity contribution in [2.75, 3.05) is 13.1 Å². The van der Waals surface area contributed by atoms with Gasteiger partial charge in [-0.25, -0.2) is 0 Å². The van der Waals surface area contributed by atoms with Crippen LogP contribution in [0.15, 0.2) is 48.9 Å². The highest BCUT2D eigenvalue weighted by Gasteiger charge is 2.21. The molecule has 0 unspecified atom stereocenters. The molecule has 1 amide bonds. The lowest BCUT2D eigenvalue weighted by Gasteiger charge is -2.22. The molecule has 8 nitrogen and oxygen atoms in total. The fraction of sp³-hybridized carbons (Fsp3) is 0.368. The molecule has 0 atom stereocenters. The Balaban J connectivity index is 1.75. The van der Waals surface area contributed by atoms with Crippen LogP contribution in [0.3, 0.4) is 0 Å². The number of benzene rings is 1. The van der Waals surface area contributed by atoms with E-state index in [4.69, 9.17) is 0 Å². The lowest BCUT2D eigenvalue weighted by molar-refractivity contribution is 0.0715. The van der Waals surface area contributed by atoms with Gasteiger partial charge in [-0.2, -0.15) is 20.1 Å². The molecule has 0 aliphatic heterocycles. The SMILES string of the molecule is CCN(CCn1ccc(C(C)(C)O)n1)C(=O)c1ccccc1-n1nccn1. The number of hydrogen-bond donors (Lipinski definition) is 1. The zero-order chi connectivity index (χ0) is 19.4.